The van der Waals surface area contributed by atoms with Gasteiger partial charge in [-0.05, 0) is 26.3 Å². The fraction of sp³-hybridized carbons (Fsp3) is 0.714. The van der Waals surface area contributed by atoms with Crippen LogP contribution in [0.2, 0.25) is 0 Å². The van der Waals surface area contributed by atoms with Gasteiger partial charge in [0.1, 0.15) is 12.1 Å². The first kappa shape index (κ1) is 24.9. The number of carbonyl (C=O) groups is 2. The molecule has 1 aromatic rings. The molecule has 9 N–H and O–H groups in total. The minimum atomic E-state index is -4.57. The first-order chi connectivity index (χ1) is 13.5. The van der Waals surface area contributed by atoms with Crippen LogP contribution in [-0.2, 0) is 19.8 Å². The highest BCUT2D eigenvalue weighted by Crippen LogP contribution is 2.20. The summed E-state index contributed by atoms with van der Waals surface area (Å²) in [5.74, 6) is -3.29. The van der Waals surface area contributed by atoms with Crippen molar-refractivity contribution in [3.63, 3.8) is 0 Å². The van der Waals surface area contributed by atoms with Gasteiger partial charge in [0.15, 0.2) is 5.82 Å². The van der Waals surface area contributed by atoms with E-state index in [1.807, 2.05) is 4.72 Å². The van der Waals surface area contributed by atoms with Crippen LogP contribution in [0.5, 0.6) is 0 Å². The molecule has 0 aliphatic carbocycles. The lowest BCUT2D eigenvalue weighted by molar-refractivity contribution is -0.141. The summed E-state index contributed by atoms with van der Waals surface area (Å²) in [6.07, 6.45) is -0.394. The van der Waals surface area contributed by atoms with Crippen LogP contribution in [0, 0.1) is 0 Å². The molecule has 0 aliphatic rings. The van der Waals surface area contributed by atoms with Gasteiger partial charge in [0.25, 0.3) is 10.2 Å². The molecule has 0 aromatic carbocycles. The Bertz CT molecular complexity index is 783. The van der Waals surface area contributed by atoms with Gasteiger partial charge in [0.2, 0.25) is 5.89 Å². The largest absolute Gasteiger partial charge is 0.481 e. The number of hydrogen-bond acceptors (Lipinski definition) is 10. The van der Waals surface area contributed by atoms with Gasteiger partial charge in [-0.3, -0.25) is 9.59 Å². The van der Waals surface area contributed by atoms with E-state index in [2.05, 4.69) is 10.1 Å². The van der Waals surface area contributed by atoms with Gasteiger partial charge in [-0.2, -0.15) is 22.8 Å². The first-order valence-electron chi connectivity index (χ1n) is 8.68. The average molecular weight is 438 g/mol. The van der Waals surface area contributed by atoms with E-state index in [0.717, 1.165) is 13.3 Å². The lowest BCUT2D eigenvalue weighted by Crippen LogP contribution is -2.52. The molecule has 0 saturated heterocycles. The summed E-state index contributed by atoms with van der Waals surface area (Å²) in [5, 5.41) is 31.1. The van der Waals surface area contributed by atoms with Crippen molar-refractivity contribution in [3.05, 3.63) is 11.7 Å². The molecular formula is C14H26N6O8S. The lowest BCUT2D eigenvalue weighted by Gasteiger charge is -2.19. The minimum absolute atomic E-state index is 0.0620. The number of nitrogens with one attached hydrogen (secondary N) is 2. The Morgan fingerprint density at radius 2 is 1.90 bits per heavy atom. The SMILES string of the molecule is CC(O)[C@H](NS(=O)(=O)NC(CC(=O)O)c1nc([C@@H](N)CCCCN)no1)C(=O)O. The molecule has 14 nitrogen and oxygen atoms in total. The van der Waals surface area contributed by atoms with Gasteiger partial charge in [-0.25, -0.2) is 0 Å². The molecule has 0 bridgehead atoms. The molecule has 1 heterocycles. The number of carboxylic acid groups (broad SMARTS) is 2. The standard InChI is InChI=1S/C14H26N6O8S/c1-7(21)11(14(24)25)20-29(26,27)19-9(6-10(22)23)13-17-12(18-28-13)8(16)4-2-3-5-15/h7-9,11,19-21H,2-6,15-16H2,1H3,(H,22,23)(H,24,25)/t7?,8-,9?,11-/m0/s1. The van der Waals surface area contributed by atoms with Crippen molar-refractivity contribution in [2.45, 2.75) is 56.8 Å². The Labute approximate surface area is 166 Å². The Morgan fingerprint density at radius 3 is 2.41 bits per heavy atom. The van der Waals surface area contributed by atoms with Crippen LogP contribution in [-0.4, -0.2) is 64.5 Å². The molecule has 4 atom stereocenters. The number of aliphatic hydroxyl groups is 1. The molecule has 0 aliphatic heterocycles. The summed E-state index contributed by atoms with van der Waals surface area (Å²) in [7, 11) is -4.57. The van der Waals surface area contributed by atoms with Crippen LogP contribution in [0.4, 0.5) is 0 Å². The molecule has 0 fully saturated rings. The predicted molar refractivity (Wildman–Crippen MR) is 97.4 cm³/mol. The maximum Gasteiger partial charge on any atom is 0.324 e. The van der Waals surface area contributed by atoms with E-state index in [9.17, 15) is 23.1 Å². The van der Waals surface area contributed by atoms with Crippen molar-refractivity contribution in [1.29, 1.82) is 0 Å². The predicted octanol–water partition coefficient (Wildman–Crippen LogP) is -2.03. The number of hydrogen-bond donors (Lipinski definition) is 7. The summed E-state index contributed by atoms with van der Waals surface area (Å²) in [5.41, 5.74) is 11.3. The van der Waals surface area contributed by atoms with Crippen molar-refractivity contribution >= 4 is 22.1 Å². The smallest absolute Gasteiger partial charge is 0.324 e. The maximum atomic E-state index is 12.2. The number of rotatable bonds is 14. The molecular weight excluding hydrogens is 412 g/mol. The van der Waals surface area contributed by atoms with Gasteiger partial charge < -0.3 is 31.3 Å². The second kappa shape index (κ2) is 11.1. The van der Waals surface area contributed by atoms with Crippen molar-refractivity contribution in [1.82, 2.24) is 19.6 Å². The van der Waals surface area contributed by atoms with Crippen LogP contribution >= 0.6 is 0 Å². The number of aromatic nitrogens is 2. The van der Waals surface area contributed by atoms with Crippen molar-refractivity contribution in [3.8, 4) is 0 Å². The third kappa shape index (κ3) is 8.38. The van der Waals surface area contributed by atoms with Crippen LogP contribution in [0.1, 0.15) is 56.4 Å². The Morgan fingerprint density at radius 1 is 1.24 bits per heavy atom. The molecule has 1 rings (SSSR count). The lowest BCUT2D eigenvalue weighted by atomic mass is 10.1. The summed E-state index contributed by atoms with van der Waals surface area (Å²) in [6, 6.07) is -3.97. The molecule has 15 heteroatoms. The highest BCUT2D eigenvalue weighted by Gasteiger charge is 2.32. The van der Waals surface area contributed by atoms with Crippen LogP contribution < -0.4 is 20.9 Å². The van der Waals surface area contributed by atoms with Crippen molar-refractivity contribution in [2.24, 2.45) is 11.5 Å². The van der Waals surface area contributed by atoms with E-state index in [1.165, 1.54) is 0 Å². The molecule has 2 unspecified atom stereocenters. The van der Waals surface area contributed by atoms with Crippen LogP contribution in [0.3, 0.4) is 0 Å². The van der Waals surface area contributed by atoms with E-state index in [4.69, 9.17) is 26.2 Å². The van der Waals surface area contributed by atoms with E-state index >= 15 is 0 Å². The quantitative estimate of drug-likeness (QED) is 0.155. The van der Waals surface area contributed by atoms with Gasteiger partial charge in [-0.15, -0.1) is 0 Å². The van der Waals surface area contributed by atoms with Crippen LogP contribution in [0.15, 0.2) is 4.52 Å². The Hall–Kier alpha value is -2.17. The summed E-state index contributed by atoms with van der Waals surface area (Å²) in [4.78, 5) is 26.1. The van der Waals surface area contributed by atoms with E-state index in [1.54, 1.807) is 4.72 Å². The van der Waals surface area contributed by atoms with E-state index in [-0.39, 0.29) is 11.7 Å². The zero-order valence-corrected chi connectivity index (χ0v) is 16.5. The average Bonchev–Trinajstić information content (AvgIpc) is 3.08. The van der Waals surface area contributed by atoms with Gasteiger partial charge in [0, 0.05) is 0 Å². The molecule has 29 heavy (non-hydrogen) atoms. The molecule has 0 radical (unpaired) electrons. The summed E-state index contributed by atoms with van der Waals surface area (Å²) >= 11 is 0. The third-order valence-corrected chi connectivity index (χ3v) is 4.92. The van der Waals surface area contributed by atoms with Gasteiger partial charge in [0.05, 0.1) is 18.6 Å². The van der Waals surface area contributed by atoms with E-state index < -0.39 is 52.8 Å². The van der Waals surface area contributed by atoms with Crippen molar-refractivity contribution < 1.29 is 37.8 Å². The van der Waals surface area contributed by atoms with Gasteiger partial charge >= 0.3 is 11.9 Å². The zero-order chi connectivity index (χ0) is 22.2. The second-order valence-electron chi connectivity index (χ2n) is 6.33. The first-order valence-corrected chi connectivity index (χ1v) is 10.2. The van der Waals surface area contributed by atoms with E-state index in [0.29, 0.717) is 19.4 Å². The molecule has 166 valence electrons. The summed E-state index contributed by atoms with van der Waals surface area (Å²) in [6.45, 7) is 1.57. The Kier molecular flexibility index (Phi) is 9.54. The summed E-state index contributed by atoms with van der Waals surface area (Å²) < 4.78 is 33.0. The minimum Gasteiger partial charge on any atom is -0.481 e. The van der Waals surface area contributed by atoms with Gasteiger partial charge in [-0.1, -0.05) is 11.6 Å². The van der Waals surface area contributed by atoms with Crippen molar-refractivity contribution in [2.75, 3.05) is 6.54 Å². The zero-order valence-electron chi connectivity index (χ0n) is 15.7. The number of carboxylic acids is 2. The number of nitrogens with zero attached hydrogens (tertiary/aromatic N) is 2. The highest BCUT2D eigenvalue weighted by atomic mass is 32.2. The molecule has 0 amide bonds. The number of aliphatic carboxylic acids is 2. The third-order valence-electron chi connectivity index (χ3n) is 3.76. The maximum absolute atomic E-state index is 12.2. The number of aliphatic hydroxyl groups excluding tert-OH is 1. The second-order valence-corrected chi connectivity index (χ2v) is 7.81. The fourth-order valence-electron chi connectivity index (χ4n) is 2.27. The fourth-order valence-corrected chi connectivity index (χ4v) is 3.53. The molecule has 0 saturated carbocycles. The Balaban J connectivity index is 2.97. The monoisotopic (exact) mass is 438 g/mol. The van der Waals surface area contributed by atoms with Crippen LogP contribution in [0.25, 0.3) is 0 Å². The topological polar surface area (TPSA) is 244 Å². The number of nitrogens with two attached hydrogens (primary N) is 2. The molecule has 0 spiro atoms. The number of unbranched alkanes of at least 4 members (excludes halogenated alkanes) is 1. The normalized spacial score (nSPS) is 16.1. The highest BCUT2D eigenvalue weighted by molar-refractivity contribution is 7.87. The molecule has 1 aromatic heterocycles.